The van der Waals surface area contributed by atoms with Crippen LogP contribution in [-0.2, 0) is 12.8 Å². The fourth-order valence-corrected chi connectivity index (χ4v) is 4.88. The third-order valence-electron chi connectivity index (χ3n) is 6.22. The molecule has 1 aromatic heterocycles. The molecule has 0 saturated carbocycles. The summed E-state index contributed by atoms with van der Waals surface area (Å²) >= 11 is 0. The first-order valence-corrected chi connectivity index (χ1v) is 9.76. The number of benzene rings is 1. The highest BCUT2D eigenvalue weighted by molar-refractivity contribution is 5.51. The summed E-state index contributed by atoms with van der Waals surface area (Å²) in [5.41, 5.74) is 10.5. The molecule has 0 amide bonds. The predicted octanol–water partition coefficient (Wildman–Crippen LogP) is 2.54. The number of hydrogen-bond acceptors (Lipinski definition) is 3. The highest BCUT2D eigenvalue weighted by atomic mass is 16.5. The van der Waals surface area contributed by atoms with E-state index in [1.54, 1.807) is 0 Å². The highest BCUT2D eigenvalue weighted by Gasteiger charge is 2.39. The average Bonchev–Trinajstić information content (AvgIpc) is 2.78. The van der Waals surface area contributed by atoms with Gasteiger partial charge in [-0.05, 0) is 74.4 Å². The summed E-state index contributed by atoms with van der Waals surface area (Å²) in [4.78, 5) is 2.54. The minimum absolute atomic E-state index is 0.120. The molecule has 1 fully saturated rings. The molecule has 1 aliphatic heterocycles. The van der Waals surface area contributed by atoms with Gasteiger partial charge in [0.1, 0.15) is 6.04 Å². The molecule has 138 valence electrons. The third-order valence-corrected chi connectivity index (χ3v) is 6.22. The van der Waals surface area contributed by atoms with Gasteiger partial charge >= 0.3 is 0 Å². The van der Waals surface area contributed by atoms with Crippen molar-refractivity contribution in [3.63, 3.8) is 0 Å². The molecule has 0 bridgehead atoms. The van der Waals surface area contributed by atoms with Crippen LogP contribution in [0.15, 0.2) is 18.3 Å². The van der Waals surface area contributed by atoms with E-state index in [4.69, 9.17) is 0 Å². The van der Waals surface area contributed by atoms with Crippen LogP contribution >= 0.6 is 0 Å². The Labute approximate surface area is 156 Å². The lowest BCUT2D eigenvalue weighted by molar-refractivity contribution is -0.911. The Kier molecular flexibility index (Phi) is 4.49. The van der Waals surface area contributed by atoms with Crippen LogP contribution in [-0.4, -0.2) is 36.3 Å². The number of aromatic nitrogens is 1. The SMILES string of the molecule is Cc1cc2c([n+](O)c1)C(N1CCNCC1)c1c(C)cc(C)c(C)c1CC2. The van der Waals surface area contributed by atoms with Crippen molar-refractivity contribution >= 4 is 0 Å². The Bertz CT molecular complexity index is 853. The summed E-state index contributed by atoms with van der Waals surface area (Å²) in [7, 11) is 0. The Hall–Kier alpha value is -1.91. The zero-order valence-corrected chi connectivity index (χ0v) is 16.4. The van der Waals surface area contributed by atoms with Crippen LogP contribution < -0.4 is 10.0 Å². The highest BCUT2D eigenvalue weighted by Crippen LogP contribution is 2.39. The summed E-state index contributed by atoms with van der Waals surface area (Å²) < 4.78 is 1.40. The lowest BCUT2D eigenvalue weighted by atomic mass is 9.87. The molecule has 2 aliphatic rings. The molecule has 0 spiro atoms. The maximum absolute atomic E-state index is 10.9. The predicted molar refractivity (Wildman–Crippen MR) is 103 cm³/mol. The quantitative estimate of drug-likeness (QED) is 0.612. The Morgan fingerprint density at radius 3 is 2.50 bits per heavy atom. The zero-order chi connectivity index (χ0) is 18.4. The zero-order valence-electron chi connectivity index (χ0n) is 16.4. The first-order valence-electron chi connectivity index (χ1n) is 9.76. The molecule has 2 N–H and O–H groups in total. The molecule has 4 nitrogen and oxygen atoms in total. The Morgan fingerprint density at radius 1 is 1.04 bits per heavy atom. The third kappa shape index (κ3) is 2.81. The van der Waals surface area contributed by atoms with E-state index in [9.17, 15) is 5.21 Å². The molecule has 1 atom stereocenters. The van der Waals surface area contributed by atoms with Crippen LogP contribution in [0.3, 0.4) is 0 Å². The van der Waals surface area contributed by atoms with Crippen LogP contribution in [0, 0.1) is 27.7 Å². The van der Waals surface area contributed by atoms with E-state index in [1.807, 2.05) is 6.20 Å². The number of hydrogen-bond donors (Lipinski definition) is 2. The lowest BCUT2D eigenvalue weighted by Crippen LogP contribution is -2.49. The standard InChI is InChI=1S/C22H30N3O/c1-14-11-18-5-6-19-17(4)15(2)12-16(3)20(19)22(21(18)25(26)13-14)24-9-7-23-8-10-24/h11-13,22-23,26H,5-10H2,1-4H3/q+1. The molecule has 4 rings (SSSR count). The van der Waals surface area contributed by atoms with Crippen LogP contribution in [0.5, 0.6) is 0 Å². The molecule has 1 unspecified atom stereocenters. The van der Waals surface area contributed by atoms with Gasteiger partial charge < -0.3 is 5.32 Å². The fourth-order valence-electron chi connectivity index (χ4n) is 4.88. The van der Waals surface area contributed by atoms with E-state index in [2.05, 4.69) is 50.0 Å². The molecule has 2 aromatic rings. The van der Waals surface area contributed by atoms with E-state index < -0.39 is 0 Å². The van der Waals surface area contributed by atoms with E-state index in [0.29, 0.717) is 0 Å². The lowest BCUT2D eigenvalue weighted by Gasteiger charge is -2.35. The van der Waals surface area contributed by atoms with Crippen molar-refractivity contribution in [2.45, 2.75) is 46.6 Å². The van der Waals surface area contributed by atoms with E-state index in [-0.39, 0.29) is 6.04 Å². The minimum Gasteiger partial charge on any atom is -0.314 e. The maximum Gasteiger partial charge on any atom is 0.258 e. The van der Waals surface area contributed by atoms with Crippen LogP contribution in [0.4, 0.5) is 0 Å². The molecule has 2 heterocycles. The van der Waals surface area contributed by atoms with Crippen molar-refractivity contribution in [1.82, 2.24) is 10.2 Å². The summed E-state index contributed by atoms with van der Waals surface area (Å²) in [6.07, 6.45) is 3.88. The smallest absolute Gasteiger partial charge is 0.258 e. The number of fused-ring (bicyclic) bond motifs is 2. The van der Waals surface area contributed by atoms with Crippen molar-refractivity contribution < 1.29 is 9.94 Å². The number of rotatable bonds is 1. The second-order valence-corrected chi connectivity index (χ2v) is 7.99. The normalized spacial score (nSPS) is 20.4. The fraction of sp³-hybridized carbons (Fsp3) is 0.500. The molecule has 1 aliphatic carbocycles. The monoisotopic (exact) mass is 352 g/mol. The van der Waals surface area contributed by atoms with E-state index in [1.165, 1.54) is 38.1 Å². The van der Waals surface area contributed by atoms with Gasteiger partial charge in [0, 0.05) is 42.0 Å². The van der Waals surface area contributed by atoms with Gasteiger partial charge in [-0.15, -0.1) is 0 Å². The summed E-state index contributed by atoms with van der Waals surface area (Å²) in [6, 6.07) is 4.71. The summed E-state index contributed by atoms with van der Waals surface area (Å²) in [5, 5.41) is 14.3. The van der Waals surface area contributed by atoms with E-state index in [0.717, 1.165) is 50.3 Å². The van der Waals surface area contributed by atoms with Crippen molar-refractivity contribution in [1.29, 1.82) is 0 Å². The van der Waals surface area contributed by atoms with Gasteiger partial charge in [-0.25, -0.2) is 0 Å². The second-order valence-electron chi connectivity index (χ2n) is 7.99. The van der Waals surface area contributed by atoms with Crippen molar-refractivity contribution in [2.75, 3.05) is 26.2 Å². The van der Waals surface area contributed by atoms with Gasteiger partial charge in [-0.3, -0.25) is 10.1 Å². The molecule has 0 radical (unpaired) electrons. The second kappa shape index (κ2) is 6.67. The first-order chi connectivity index (χ1) is 12.5. The molecule has 1 aromatic carbocycles. The number of nitrogens with zero attached hydrogens (tertiary/aromatic N) is 2. The largest absolute Gasteiger partial charge is 0.314 e. The Morgan fingerprint density at radius 2 is 1.77 bits per heavy atom. The number of pyridine rings is 1. The van der Waals surface area contributed by atoms with Crippen molar-refractivity contribution in [3.8, 4) is 0 Å². The summed E-state index contributed by atoms with van der Waals surface area (Å²) in [5.74, 6) is 0. The molecule has 26 heavy (non-hydrogen) atoms. The van der Waals surface area contributed by atoms with Crippen LogP contribution in [0.2, 0.25) is 0 Å². The molecule has 1 saturated heterocycles. The number of piperazine rings is 1. The van der Waals surface area contributed by atoms with Gasteiger partial charge in [0.15, 0.2) is 0 Å². The van der Waals surface area contributed by atoms with Gasteiger partial charge in [-0.2, -0.15) is 0 Å². The van der Waals surface area contributed by atoms with Gasteiger partial charge in [0.2, 0.25) is 6.20 Å². The first kappa shape index (κ1) is 17.5. The van der Waals surface area contributed by atoms with E-state index >= 15 is 0 Å². The van der Waals surface area contributed by atoms with Crippen molar-refractivity contribution in [2.24, 2.45) is 0 Å². The topological polar surface area (TPSA) is 39.4 Å². The Balaban J connectivity index is 1.99. The number of nitrogens with one attached hydrogen (secondary N) is 1. The number of aryl methyl sites for hydroxylation is 4. The maximum atomic E-state index is 10.9. The molecular weight excluding hydrogens is 322 g/mol. The average molecular weight is 353 g/mol. The van der Waals surface area contributed by atoms with Gasteiger partial charge in [0.05, 0.1) is 0 Å². The van der Waals surface area contributed by atoms with Crippen molar-refractivity contribution in [3.05, 3.63) is 63.0 Å². The van der Waals surface area contributed by atoms with Gasteiger partial charge in [-0.1, -0.05) is 6.07 Å². The molecule has 4 heteroatoms. The van der Waals surface area contributed by atoms with Gasteiger partial charge in [0.25, 0.3) is 5.69 Å². The summed E-state index contributed by atoms with van der Waals surface area (Å²) in [6.45, 7) is 12.8. The van der Waals surface area contributed by atoms with Crippen LogP contribution in [0.25, 0.3) is 0 Å². The minimum atomic E-state index is 0.120. The molecular formula is C22H30N3O+. The van der Waals surface area contributed by atoms with Crippen LogP contribution in [0.1, 0.15) is 50.7 Å².